The lowest BCUT2D eigenvalue weighted by molar-refractivity contribution is 0.0988. The molecule has 0 saturated heterocycles. The van der Waals surface area contributed by atoms with Gasteiger partial charge in [0.05, 0.1) is 22.5 Å². The molecule has 7 heteroatoms. The van der Waals surface area contributed by atoms with Gasteiger partial charge in [0, 0.05) is 23.6 Å². The van der Waals surface area contributed by atoms with Crippen LogP contribution in [-0.2, 0) is 0 Å². The molecule has 2 aromatic carbocycles. The van der Waals surface area contributed by atoms with Crippen molar-refractivity contribution in [1.29, 1.82) is 0 Å². The van der Waals surface area contributed by atoms with Gasteiger partial charge < -0.3 is 5.32 Å². The van der Waals surface area contributed by atoms with Gasteiger partial charge in [-0.3, -0.25) is 14.6 Å². The Morgan fingerprint density at radius 2 is 1.97 bits per heavy atom. The lowest BCUT2D eigenvalue weighted by Gasteiger charge is -2.20. The summed E-state index contributed by atoms with van der Waals surface area (Å²) in [6.45, 7) is 3.65. The van der Waals surface area contributed by atoms with E-state index in [4.69, 9.17) is 11.6 Å². The maximum absolute atomic E-state index is 13.3. The Bertz CT molecular complexity index is 1070. The van der Waals surface area contributed by atoms with Crippen molar-refractivity contribution in [3.8, 4) is 0 Å². The van der Waals surface area contributed by atoms with Crippen molar-refractivity contribution in [2.24, 2.45) is 5.10 Å². The molecule has 0 saturated carbocycles. The average Bonchev–Trinajstić information content (AvgIpc) is 2.73. The van der Waals surface area contributed by atoms with Gasteiger partial charge in [-0.05, 0) is 61.9 Å². The second-order valence-corrected chi connectivity index (χ2v) is 6.65. The molecule has 29 heavy (non-hydrogen) atoms. The van der Waals surface area contributed by atoms with Crippen LogP contribution in [0.4, 0.5) is 11.4 Å². The first kappa shape index (κ1) is 20.2. The molecule has 0 atom stereocenters. The maximum Gasteiger partial charge on any atom is 0.280 e. The number of carbonyl (C=O) groups excluding carboxylic acids is 2. The smallest absolute Gasteiger partial charge is 0.280 e. The third-order valence-corrected chi connectivity index (χ3v) is 4.29. The molecular weight excluding hydrogens is 388 g/mol. The highest BCUT2D eigenvalue weighted by Gasteiger charge is 2.22. The van der Waals surface area contributed by atoms with Crippen LogP contribution in [0.1, 0.15) is 33.2 Å². The van der Waals surface area contributed by atoms with Crippen LogP contribution < -0.4 is 10.3 Å². The van der Waals surface area contributed by atoms with Crippen molar-refractivity contribution in [2.75, 3.05) is 10.3 Å². The van der Waals surface area contributed by atoms with E-state index in [1.807, 2.05) is 25.1 Å². The van der Waals surface area contributed by atoms with Crippen molar-refractivity contribution >= 4 is 41.0 Å². The molecule has 0 fully saturated rings. The number of pyridine rings is 1. The normalized spacial score (nSPS) is 10.7. The summed E-state index contributed by atoms with van der Waals surface area (Å²) >= 11 is 6.14. The van der Waals surface area contributed by atoms with E-state index in [-0.39, 0.29) is 11.5 Å². The molecule has 6 nitrogen and oxygen atoms in total. The molecule has 0 spiro atoms. The molecule has 0 radical (unpaired) electrons. The van der Waals surface area contributed by atoms with Crippen LogP contribution in [-0.4, -0.2) is 23.0 Å². The molecule has 0 aliphatic carbocycles. The van der Waals surface area contributed by atoms with E-state index < -0.39 is 5.91 Å². The van der Waals surface area contributed by atoms with Gasteiger partial charge in [-0.15, -0.1) is 0 Å². The molecular formula is C22H19ClN4O2. The van der Waals surface area contributed by atoms with Crippen molar-refractivity contribution in [3.63, 3.8) is 0 Å². The fraction of sp³-hybridized carbons (Fsp3) is 0.0909. The second kappa shape index (κ2) is 9.12. The van der Waals surface area contributed by atoms with E-state index >= 15 is 0 Å². The third-order valence-electron chi connectivity index (χ3n) is 4.05. The Morgan fingerprint density at radius 1 is 1.14 bits per heavy atom. The summed E-state index contributed by atoms with van der Waals surface area (Å²) in [5.41, 5.74) is 2.53. The first-order valence-corrected chi connectivity index (χ1v) is 9.28. The Kier molecular flexibility index (Phi) is 6.36. The van der Waals surface area contributed by atoms with Gasteiger partial charge in [0.15, 0.2) is 0 Å². The number of rotatable bonds is 5. The molecule has 1 aromatic heterocycles. The lowest BCUT2D eigenvalue weighted by atomic mass is 10.1. The molecule has 0 aliphatic heterocycles. The molecule has 0 unspecified atom stereocenters. The minimum Gasteiger partial charge on any atom is -0.321 e. The summed E-state index contributed by atoms with van der Waals surface area (Å²) in [5.74, 6) is -0.798. The number of carbonyl (C=O) groups is 2. The highest BCUT2D eigenvalue weighted by Crippen LogP contribution is 2.26. The van der Waals surface area contributed by atoms with Gasteiger partial charge in [-0.1, -0.05) is 23.7 Å². The van der Waals surface area contributed by atoms with Gasteiger partial charge >= 0.3 is 0 Å². The number of hydrogen-bond donors (Lipinski definition) is 1. The zero-order valence-corrected chi connectivity index (χ0v) is 16.7. The largest absolute Gasteiger partial charge is 0.321 e. The van der Waals surface area contributed by atoms with Gasteiger partial charge in [0.25, 0.3) is 11.8 Å². The zero-order chi connectivity index (χ0) is 20.8. The Balaban J connectivity index is 1.99. The molecule has 0 aliphatic rings. The van der Waals surface area contributed by atoms with Crippen LogP contribution in [0.5, 0.6) is 0 Å². The Labute approximate surface area is 173 Å². The van der Waals surface area contributed by atoms with Gasteiger partial charge in [-0.25, -0.2) is 0 Å². The number of nitrogens with zero attached hydrogens (tertiary/aromatic N) is 3. The average molecular weight is 407 g/mol. The summed E-state index contributed by atoms with van der Waals surface area (Å²) in [6, 6.07) is 15.4. The zero-order valence-electron chi connectivity index (χ0n) is 16.0. The highest BCUT2D eigenvalue weighted by molar-refractivity contribution is 6.31. The van der Waals surface area contributed by atoms with E-state index in [1.54, 1.807) is 43.5 Å². The number of benzene rings is 2. The number of hydrazone groups is 1. The van der Waals surface area contributed by atoms with Gasteiger partial charge in [0.1, 0.15) is 0 Å². The van der Waals surface area contributed by atoms with Crippen molar-refractivity contribution in [2.45, 2.75) is 13.8 Å². The van der Waals surface area contributed by atoms with Gasteiger partial charge in [0.2, 0.25) is 0 Å². The molecule has 146 valence electrons. The quantitative estimate of drug-likeness (QED) is 0.481. The van der Waals surface area contributed by atoms with Crippen molar-refractivity contribution < 1.29 is 9.59 Å². The number of amides is 2. The van der Waals surface area contributed by atoms with Crippen LogP contribution >= 0.6 is 11.6 Å². The van der Waals surface area contributed by atoms with Crippen LogP contribution in [0, 0.1) is 6.92 Å². The first-order chi connectivity index (χ1) is 14.0. The van der Waals surface area contributed by atoms with Crippen LogP contribution in [0.2, 0.25) is 5.02 Å². The number of nitrogens with one attached hydrogen (secondary N) is 1. The summed E-state index contributed by atoms with van der Waals surface area (Å²) in [6.07, 6.45) is 4.56. The molecule has 2 amide bonds. The van der Waals surface area contributed by atoms with Crippen LogP contribution in [0.3, 0.4) is 0 Å². The van der Waals surface area contributed by atoms with E-state index in [0.717, 1.165) is 5.56 Å². The Hall–Kier alpha value is -3.51. The fourth-order valence-corrected chi connectivity index (χ4v) is 2.89. The van der Waals surface area contributed by atoms with E-state index in [2.05, 4.69) is 15.4 Å². The van der Waals surface area contributed by atoms with E-state index in [1.165, 1.54) is 23.5 Å². The number of halogens is 1. The molecule has 3 rings (SSSR count). The predicted octanol–water partition coefficient (Wildman–Crippen LogP) is 4.95. The fourth-order valence-electron chi connectivity index (χ4n) is 2.72. The first-order valence-electron chi connectivity index (χ1n) is 8.90. The summed E-state index contributed by atoms with van der Waals surface area (Å²) in [5, 5.41) is 8.62. The SMILES string of the molecule is CC=NN(C(=O)c1cc(Cl)ccc1NC(=O)c1cccnc1)c1cccc(C)c1. The topological polar surface area (TPSA) is 74.7 Å². The monoisotopic (exact) mass is 406 g/mol. The van der Waals surface area contributed by atoms with Crippen LogP contribution in [0.25, 0.3) is 0 Å². The van der Waals surface area contributed by atoms with Gasteiger partial charge in [-0.2, -0.15) is 10.1 Å². The minimum absolute atomic E-state index is 0.224. The number of hydrogen-bond acceptors (Lipinski definition) is 4. The highest BCUT2D eigenvalue weighted by atomic mass is 35.5. The Morgan fingerprint density at radius 3 is 2.66 bits per heavy atom. The molecule has 1 N–H and O–H groups in total. The predicted molar refractivity (Wildman–Crippen MR) is 116 cm³/mol. The summed E-state index contributed by atoms with van der Waals surface area (Å²) < 4.78 is 0. The van der Waals surface area contributed by atoms with Crippen molar-refractivity contribution in [3.05, 3.63) is 88.7 Å². The van der Waals surface area contributed by atoms with Crippen molar-refractivity contribution in [1.82, 2.24) is 4.98 Å². The number of aryl methyl sites for hydroxylation is 1. The number of anilines is 2. The van der Waals surface area contributed by atoms with Crippen LogP contribution in [0.15, 0.2) is 72.1 Å². The second-order valence-electron chi connectivity index (χ2n) is 6.22. The molecule has 1 heterocycles. The maximum atomic E-state index is 13.3. The number of aromatic nitrogens is 1. The minimum atomic E-state index is -0.419. The molecule has 0 bridgehead atoms. The summed E-state index contributed by atoms with van der Waals surface area (Å²) in [7, 11) is 0. The molecule has 3 aromatic rings. The van der Waals surface area contributed by atoms with E-state index in [9.17, 15) is 9.59 Å². The standard InChI is InChI=1S/C22H19ClN4O2/c1-3-25-27(18-8-4-6-15(2)12-18)22(29)19-13-17(23)9-10-20(19)26-21(28)16-7-5-11-24-14-16/h3-14H,1-2H3,(H,26,28). The van der Waals surface area contributed by atoms with E-state index in [0.29, 0.717) is 22.0 Å². The third kappa shape index (κ3) is 4.86. The lowest BCUT2D eigenvalue weighted by Crippen LogP contribution is -2.27. The summed E-state index contributed by atoms with van der Waals surface area (Å²) in [4.78, 5) is 29.8.